The molecule has 60 heavy (non-hydrogen) atoms. The number of nitrogens with one attached hydrogen (secondary N) is 1. The second-order valence-corrected chi connectivity index (χ2v) is 15.4. The van der Waals surface area contributed by atoms with Gasteiger partial charge in [-0.05, 0) is 111 Å². The van der Waals surface area contributed by atoms with Crippen molar-refractivity contribution in [2.45, 2.75) is 0 Å². The van der Waals surface area contributed by atoms with Crippen molar-refractivity contribution in [1.82, 2.24) is 0 Å². The van der Waals surface area contributed by atoms with Gasteiger partial charge in [0.25, 0.3) is 0 Å². The second-order valence-electron chi connectivity index (χ2n) is 15.4. The molecular formula is C58H38N2. The number of nitrogens with zero attached hydrogens (tertiary/aromatic N) is 1. The minimum Gasteiger partial charge on any atom is -0.282 e. The van der Waals surface area contributed by atoms with Crippen LogP contribution in [0.15, 0.2) is 223 Å². The summed E-state index contributed by atoms with van der Waals surface area (Å²) in [5.41, 5.74) is 8.21. The average molecular weight is 763 g/mol. The molecule has 0 atom stereocenters. The molecule has 0 bridgehead atoms. The van der Waals surface area contributed by atoms with E-state index in [0.29, 0.717) is 0 Å². The number of hydrogen-bond acceptors (Lipinski definition) is 1. The Labute approximate surface area is 348 Å². The number of aliphatic imine (C=N–C) groups is 1. The molecule has 0 heterocycles. The quantitative estimate of drug-likeness (QED) is 0.0758. The number of rotatable bonds is 6. The van der Waals surface area contributed by atoms with E-state index in [1.165, 1.54) is 65.0 Å². The van der Waals surface area contributed by atoms with Gasteiger partial charge in [-0.25, -0.2) is 4.99 Å². The summed E-state index contributed by atoms with van der Waals surface area (Å²) in [4.78, 5) is 5.11. The predicted molar refractivity (Wildman–Crippen MR) is 258 cm³/mol. The molecule has 0 aliphatic heterocycles. The Morgan fingerprint density at radius 3 is 1.67 bits per heavy atom. The van der Waals surface area contributed by atoms with Gasteiger partial charge in [0.2, 0.25) is 0 Å². The first-order valence-electron chi connectivity index (χ1n) is 20.5. The summed E-state index contributed by atoms with van der Waals surface area (Å²) < 4.78 is 0. The lowest BCUT2D eigenvalue weighted by Crippen LogP contribution is -2.05. The molecule has 11 aromatic carbocycles. The molecule has 0 aliphatic rings. The largest absolute Gasteiger partial charge is 0.282 e. The fourth-order valence-corrected chi connectivity index (χ4v) is 9.15. The number of hydrogen-bond donors (Lipinski definition) is 1. The van der Waals surface area contributed by atoms with Crippen LogP contribution in [0.25, 0.3) is 93.0 Å². The van der Waals surface area contributed by atoms with E-state index in [9.17, 15) is 5.41 Å². The van der Waals surface area contributed by atoms with Gasteiger partial charge < -0.3 is 0 Å². The molecule has 11 aromatic rings. The summed E-state index contributed by atoms with van der Waals surface area (Å²) >= 11 is 0. The molecule has 0 saturated heterocycles. The highest BCUT2D eigenvalue weighted by Crippen LogP contribution is 2.46. The van der Waals surface area contributed by atoms with Crippen LogP contribution in [-0.4, -0.2) is 11.5 Å². The van der Waals surface area contributed by atoms with Gasteiger partial charge in [-0.1, -0.05) is 206 Å². The molecule has 2 nitrogen and oxygen atoms in total. The summed E-state index contributed by atoms with van der Waals surface area (Å²) in [6, 6.07) is 75.4. The Balaban J connectivity index is 1.16. The van der Waals surface area contributed by atoms with Gasteiger partial charge >= 0.3 is 0 Å². The topological polar surface area (TPSA) is 36.2 Å². The lowest BCUT2D eigenvalue weighted by Gasteiger charge is -2.20. The summed E-state index contributed by atoms with van der Waals surface area (Å²) in [5, 5.41) is 23.7. The Morgan fingerprint density at radius 1 is 0.383 bits per heavy atom. The monoisotopic (exact) mass is 762 g/mol. The molecule has 0 spiro atoms. The smallest absolute Gasteiger partial charge is 0.152 e. The highest BCUT2D eigenvalue weighted by atomic mass is 14.8. The zero-order valence-electron chi connectivity index (χ0n) is 32.8. The minimum absolute atomic E-state index is 0.212. The van der Waals surface area contributed by atoms with E-state index in [0.717, 1.165) is 44.3 Å². The van der Waals surface area contributed by atoms with E-state index in [1.807, 2.05) is 30.3 Å². The van der Waals surface area contributed by atoms with Gasteiger partial charge in [0.1, 0.15) is 0 Å². The molecule has 0 amide bonds. The van der Waals surface area contributed by atoms with Gasteiger partial charge in [0.05, 0.1) is 5.71 Å². The fourth-order valence-electron chi connectivity index (χ4n) is 9.15. The molecular weight excluding hydrogens is 725 g/mol. The fraction of sp³-hybridized carbons (Fsp3) is 0. The maximum Gasteiger partial charge on any atom is 0.152 e. The van der Waals surface area contributed by atoms with Crippen molar-refractivity contribution in [3.05, 3.63) is 235 Å². The van der Waals surface area contributed by atoms with E-state index < -0.39 is 0 Å². The van der Waals surface area contributed by atoms with Crippen LogP contribution < -0.4 is 0 Å². The first-order valence-corrected chi connectivity index (χ1v) is 20.5. The third-order valence-electron chi connectivity index (χ3n) is 11.9. The second kappa shape index (κ2) is 14.8. The number of amidine groups is 1. The van der Waals surface area contributed by atoms with Crippen molar-refractivity contribution >= 4 is 82.3 Å². The van der Waals surface area contributed by atoms with Gasteiger partial charge in [-0.3, -0.25) is 5.41 Å². The lowest BCUT2D eigenvalue weighted by atomic mass is 9.83. The summed E-state index contributed by atoms with van der Waals surface area (Å²) in [6.07, 6.45) is 4.34. The maximum atomic E-state index is 9.22. The summed E-state index contributed by atoms with van der Waals surface area (Å²) in [7, 11) is 0. The van der Waals surface area contributed by atoms with Crippen LogP contribution in [0.5, 0.6) is 0 Å². The summed E-state index contributed by atoms with van der Waals surface area (Å²) in [5.74, 6) is 0.212. The minimum atomic E-state index is 0.212. The van der Waals surface area contributed by atoms with Gasteiger partial charge in [0, 0.05) is 11.1 Å². The van der Waals surface area contributed by atoms with E-state index >= 15 is 0 Å². The number of benzene rings is 11. The van der Waals surface area contributed by atoms with Gasteiger partial charge in [0.15, 0.2) is 5.84 Å². The third-order valence-corrected chi connectivity index (χ3v) is 11.9. The van der Waals surface area contributed by atoms with Crippen LogP contribution in [0, 0.1) is 5.41 Å². The van der Waals surface area contributed by atoms with Crippen molar-refractivity contribution in [2.75, 3.05) is 0 Å². The van der Waals surface area contributed by atoms with Crippen LogP contribution in [0.2, 0.25) is 0 Å². The molecule has 0 aliphatic carbocycles. The Hall–Kier alpha value is -7.94. The lowest BCUT2D eigenvalue weighted by molar-refractivity contribution is 1.41. The molecule has 0 aromatic heterocycles. The SMILES string of the molecule is N=C(N=C(/C=C/c1c2ccccc2c(-c2c3ccccc3cc3c2ccc2ccccc23)c2ccccc12)c1ccccc1-c1ccc2ccccc2c1)c1ccccc1. The molecule has 11 rings (SSSR count). The molecule has 0 unspecified atom stereocenters. The average Bonchev–Trinajstić information content (AvgIpc) is 3.32. The Kier molecular flexibility index (Phi) is 8.68. The highest BCUT2D eigenvalue weighted by Gasteiger charge is 2.20. The first kappa shape index (κ1) is 35.2. The van der Waals surface area contributed by atoms with Gasteiger partial charge in [-0.2, -0.15) is 0 Å². The van der Waals surface area contributed by atoms with Crippen LogP contribution in [0.4, 0.5) is 0 Å². The number of fused-ring (bicyclic) bond motifs is 7. The van der Waals surface area contributed by atoms with Crippen molar-refractivity contribution < 1.29 is 0 Å². The Morgan fingerprint density at radius 2 is 0.917 bits per heavy atom. The number of allylic oxidation sites excluding steroid dienone is 1. The van der Waals surface area contributed by atoms with Crippen molar-refractivity contribution in [3.8, 4) is 22.3 Å². The normalized spacial score (nSPS) is 12.1. The van der Waals surface area contributed by atoms with Crippen LogP contribution in [0.1, 0.15) is 16.7 Å². The van der Waals surface area contributed by atoms with E-state index in [-0.39, 0.29) is 5.84 Å². The van der Waals surface area contributed by atoms with E-state index in [2.05, 4.69) is 194 Å². The van der Waals surface area contributed by atoms with E-state index in [1.54, 1.807) is 0 Å². The van der Waals surface area contributed by atoms with Crippen LogP contribution in [-0.2, 0) is 0 Å². The standard InChI is InChI=1S/C58H38N2/c59-58(40-18-2-1-3-19-40)60-55(50-27-13-10-23-45(50)43-31-30-38-16-4-5-20-41(38)36-43)35-34-49-47-25-11-14-28-51(47)57(52-29-15-12-26-48(49)52)56-46-24-9-7-21-42(46)37-54-44-22-8-6-17-39(44)32-33-53(54)56/h1-37,59H/b35-34+,59-58?,60-55?. The zero-order valence-corrected chi connectivity index (χ0v) is 32.8. The summed E-state index contributed by atoms with van der Waals surface area (Å²) in [6.45, 7) is 0. The molecule has 0 fully saturated rings. The van der Waals surface area contributed by atoms with Gasteiger partial charge in [-0.15, -0.1) is 0 Å². The molecule has 280 valence electrons. The zero-order chi connectivity index (χ0) is 40.0. The van der Waals surface area contributed by atoms with Crippen molar-refractivity contribution in [3.63, 3.8) is 0 Å². The maximum absolute atomic E-state index is 9.22. The molecule has 2 heteroatoms. The third kappa shape index (κ3) is 6.06. The predicted octanol–water partition coefficient (Wildman–Crippen LogP) is 15.5. The first-order chi connectivity index (χ1) is 29.7. The van der Waals surface area contributed by atoms with E-state index in [4.69, 9.17) is 4.99 Å². The van der Waals surface area contributed by atoms with Crippen LogP contribution in [0.3, 0.4) is 0 Å². The molecule has 0 radical (unpaired) electrons. The highest BCUT2D eigenvalue weighted by molar-refractivity contribution is 6.28. The van der Waals surface area contributed by atoms with Crippen molar-refractivity contribution in [2.24, 2.45) is 4.99 Å². The Bertz CT molecular complexity index is 3500. The molecule has 0 saturated carbocycles. The molecule has 1 N–H and O–H groups in total. The van der Waals surface area contributed by atoms with Crippen LogP contribution >= 0.6 is 0 Å². The van der Waals surface area contributed by atoms with Crippen molar-refractivity contribution in [1.29, 1.82) is 5.41 Å².